The summed E-state index contributed by atoms with van der Waals surface area (Å²) in [6.45, 7) is 3.71. The lowest BCUT2D eigenvalue weighted by atomic mass is 9.96. The van der Waals surface area contributed by atoms with Crippen LogP contribution in [0.4, 0.5) is 5.69 Å². The first-order chi connectivity index (χ1) is 15.9. The molecule has 0 bridgehead atoms. The van der Waals surface area contributed by atoms with Crippen molar-refractivity contribution in [2.24, 2.45) is 5.92 Å². The fourth-order valence-electron chi connectivity index (χ4n) is 4.55. The van der Waals surface area contributed by atoms with E-state index in [4.69, 9.17) is 4.42 Å². The van der Waals surface area contributed by atoms with Gasteiger partial charge < -0.3 is 14.6 Å². The zero-order chi connectivity index (χ0) is 23.4. The summed E-state index contributed by atoms with van der Waals surface area (Å²) < 4.78 is 33.3. The molecule has 0 aliphatic carbocycles. The minimum Gasteiger partial charge on any atom is -0.459 e. The van der Waals surface area contributed by atoms with Crippen LogP contribution in [-0.2, 0) is 14.8 Å². The molecular weight excluding hydrogens is 442 g/mol. The van der Waals surface area contributed by atoms with Crippen molar-refractivity contribution in [3.05, 3.63) is 47.9 Å². The molecule has 0 spiro atoms. The molecule has 4 rings (SSSR count). The van der Waals surface area contributed by atoms with Crippen LogP contribution in [0.25, 0.3) is 0 Å². The lowest BCUT2D eigenvalue weighted by Gasteiger charge is -2.31. The van der Waals surface area contributed by atoms with Crippen molar-refractivity contribution in [1.82, 2.24) is 9.21 Å². The van der Waals surface area contributed by atoms with Gasteiger partial charge in [-0.25, -0.2) is 8.42 Å². The predicted octanol–water partition coefficient (Wildman–Crippen LogP) is 3.64. The summed E-state index contributed by atoms with van der Waals surface area (Å²) in [5.74, 6) is -0.546. The summed E-state index contributed by atoms with van der Waals surface area (Å²) in [6, 6.07) is 8.29. The first-order valence-electron chi connectivity index (χ1n) is 11.6. The van der Waals surface area contributed by atoms with Crippen molar-refractivity contribution in [1.29, 1.82) is 0 Å². The van der Waals surface area contributed by atoms with E-state index in [1.165, 1.54) is 6.26 Å². The minimum atomic E-state index is -3.63. The Morgan fingerprint density at radius 1 is 1.03 bits per heavy atom. The lowest BCUT2D eigenvalue weighted by Crippen LogP contribution is -2.43. The number of nitrogens with zero attached hydrogens (tertiary/aromatic N) is 2. The van der Waals surface area contributed by atoms with Crippen molar-refractivity contribution < 1.29 is 22.4 Å². The van der Waals surface area contributed by atoms with E-state index >= 15 is 0 Å². The van der Waals surface area contributed by atoms with Crippen LogP contribution >= 0.6 is 0 Å². The van der Waals surface area contributed by atoms with Crippen LogP contribution in [0, 0.1) is 12.8 Å². The van der Waals surface area contributed by atoms with Gasteiger partial charge in [0.05, 0.1) is 17.1 Å². The Balaban J connectivity index is 1.46. The minimum absolute atomic E-state index is 0.214. The molecule has 33 heavy (non-hydrogen) atoms. The molecule has 8 nitrogen and oxygen atoms in total. The van der Waals surface area contributed by atoms with Crippen molar-refractivity contribution in [2.75, 3.05) is 31.5 Å². The van der Waals surface area contributed by atoms with E-state index < -0.39 is 10.0 Å². The molecular formula is C24H31N3O5S. The second-order valence-electron chi connectivity index (χ2n) is 8.86. The molecule has 1 atom stereocenters. The maximum atomic E-state index is 13.3. The number of furan rings is 1. The number of aryl methyl sites for hydroxylation is 1. The zero-order valence-electron chi connectivity index (χ0n) is 19.0. The number of anilines is 1. The van der Waals surface area contributed by atoms with Crippen LogP contribution in [0.15, 0.2) is 45.9 Å². The highest BCUT2D eigenvalue weighted by Gasteiger charge is 2.31. The van der Waals surface area contributed by atoms with Crippen molar-refractivity contribution in [2.45, 2.75) is 50.3 Å². The standard InChI is InChI=1S/C24H31N3O5S/c1-18-10-11-20(16-22(18)33(30,31)27-13-4-2-3-5-14-27)25-23(28)19-8-6-12-26(17-19)24(29)21-9-7-15-32-21/h7,9-11,15-16,19H,2-6,8,12-14,17H2,1H3,(H,25,28). The average molecular weight is 474 g/mol. The summed E-state index contributed by atoms with van der Waals surface area (Å²) in [5.41, 5.74) is 1.11. The predicted molar refractivity (Wildman–Crippen MR) is 124 cm³/mol. The number of amides is 2. The maximum Gasteiger partial charge on any atom is 0.289 e. The fraction of sp³-hybridized carbons (Fsp3) is 0.500. The quantitative estimate of drug-likeness (QED) is 0.715. The molecule has 178 valence electrons. The number of benzene rings is 1. The topological polar surface area (TPSA) is 99.9 Å². The van der Waals surface area contributed by atoms with Gasteiger partial charge in [-0.05, 0) is 62.4 Å². The third-order valence-electron chi connectivity index (χ3n) is 6.45. The second-order valence-corrected chi connectivity index (χ2v) is 10.8. The molecule has 1 unspecified atom stereocenters. The fourth-order valence-corrected chi connectivity index (χ4v) is 6.32. The van der Waals surface area contributed by atoms with Crippen LogP contribution in [0.2, 0.25) is 0 Å². The largest absolute Gasteiger partial charge is 0.459 e. The van der Waals surface area contributed by atoms with E-state index in [-0.39, 0.29) is 28.4 Å². The molecule has 1 aromatic heterocycles. The summed E-state index contributed by atoms with van der Waals surface area (Å²) in [6.07, 6.45) is 6.65. The molecule has 3 heterocycles. The SMILES string of the molecule is Cc1ccc(NC(=O)C2CCCN(C(=O)c3ccco3)C2)cc1S(=O)(=O)N1CCCCCC1. The van der Waals surface area contributed by atoms with Gasteiger partial charge in [0.15, 0.2) is 5.76 Å². The van der Waals surface area contributed by atoms with E-state index in [0.717, 1.165) is 25.7 Å². The van der Waals surface area contributed by atoms with E-state index in [2.05, 4.69) is 5.32 Å². The number of nitrogens with one attached hydrogen (secondary N) is 1. The lowest BCUT2D eigenvalue weighted by molar-refractivity contribution is -0.121. The Morgan fingerprint density at radius 2 is 1.79 bits per heavy atom. The van der Waals surface area contributed by atoms with Crippen molar-refractivity contribution in [3.63, 3.8) is 0 Å². The van der Waals surface area contributed by atoms with Gasteiger partial charge in [0.1, 0.15) is 0 Å². The summed E-state index contributed by atoms with van der Waals surface area (Å²) in [5, 5.41) is 2.88. The Labute approximate surface area is 195 Å². The third kappa shape index (κ3) is 5.30. The Kier molecular flexibility index (Phi) is 7.19. The van der Waals surface area contributed by atoms with Gasteiger partial charge in [0, 0.05) is 31.9 Å². The molecule has 0 saturated carbocycles. The average Bonchev–Trinajstić information content (AvgIpc) is 3.21. The van der Waals surface area contributed by atoms with Gasteiger partial charge in [0.25, 0.3) is 5.91 Å². The van der Waals surface area contributed by atoms with E-state index in [1.54, 1.807) is 46.5 Å². The summed E-state index contributed by atoms with van der Waals surface area (Å²) >= 11 is 0. The van der Waals surface area contributed by atoms with E-state index in [1.807, 2.05) is 0 Å². The number of hydrogen-bond acceptors (Lipinski definition) is 5. The molecule has 2 fully saturated rings. The molecule has 2 aromatic rings. The molecule has 2 saturated heterocycles. The zero-order valence-corrected chi connectivity index (χ0v) is 19.8. The molecule has 9 heteroatoms. The molecule has 2 aliphatic heterocycles. The van der Waals surface area contributed by atoms with Gasteiger partial charge in [-0.2, -0.15) is 4.31 Å². The smallest absolute Gasteiger partial charge is 0.289 e. The highest BCUT2D eigenvalue weighted by Crippen LogP contribution is 2.27. The highest BCUT2D eigenvalue weighted by atomic mass is 32.2. The number of likely N-dealkylation sites (tertiary alicyclic amines) is 1. The normalized spacial score (nSPS) is 20.3. The molecule has 1 N–H and O–H groups in total. The first kappa shape index (κ1) is 23.5. The number of carbonyl (C=O) groups excluding carboxylic acids is 2. The van der Waals surface area contributed by atoms with Gasteiger partial charge in [-0.15, -0.1) is 0 Å². The number of carbonyl (C=O) groups is 2. The first-order valence-corrected chi connectivity index (χ1v) is 13.0. The van der Waals surface area contributed by atoms with Gasteiger partial charge in [0.2, 0.25) is 15.9 Å². The van der Waals surface area contributed by atoms with Crippen molar-refractivity contribution in [3.8, 4) is 0 Å². The Hall–Kier alpha value is -2.65. The molecule has 2 aliphatic rings. The Morgan fingerprint density at radius 3 is 2.48 bits per heavy atom. The number of hydrogen-bond donors (Lipinski definition) is 1. The van der Waals surface area contributed by atoms with Crippen LogP contribution in [-0.4, -0.2) is 55.6 Å². The molecule has 1 aromatic carbocycles. The number of rotatable bonds is 5. The highest BCUT2D eigenvalue weighted by molar-refractivity contribution is 7.89. The third-order valence-corrected chi connectivity index (χ3v) is 8.49. The summed E-state index contributed by atoms with van der Waals surface area (Å²) in [4.78, 5) is 27.4. The molecule has 2 amide bonds. The second kappa shape index (κ2) is 10.1. The Bertz CT molecular complexity index is 1090. The van der Waals surface area contributed by atoms with Crippen LogP contribution < -0.4 is 5.32 Å². The maximum absolute atomic E-state index is 13.3. The van der Waals surface area contributed by atoms with Crippen LogP contribution in [0.1, 0.15) is 54.6 Å². The van der Waals surface area contributed by atoms with Gasteiger partial charge >= 0.3 is 0 Å². The number of piperidine rings is 1. The number of sulfonamides is 1. The van der Waals surface area contributed by atoms with Crippen molar-refractivity contribution >= 4 is 27.5 Å². The van der Waals surface area contributed by atoms with Crippen LogP contribution in [0.3, 0.4) is 0 Å². The van der Waals surface area contributed by atoms with Crippen LogP contribution in [0.5, 0.6) is 0 Å². The summed E-state index contributed by atoms with van der Waals surface area (Å²) in [7, 11) is -3.63. The van der Waals surface area contributed by atoms with Gasteiger partial charge in [-0.3, -0.25) is 9.59 Å². The monoisotopic (exact) mass is 473 g/mol. The van der Waals surface area contributed by atoms with E-state index in [9.17, 15) is 18.0 Å². The molecule has 0 radical (unpaired) electrons. The van der Waals surface area contributed by atoms with Gasteiger partial charge in [-0.1, -0.05) is 18.9 Å². The van der Waals surface area contributed by atoms with E-state index in [0.29, 0.717) is 50.3 Å².